The molecule has 0 aliphatic heterocycles. The van der Waals surface area contributed by atoms with E-state index in [9.17, 15) is 9.18 Å². The molecule has 3 N–H and O–H groups in total. The summed E-state index contributed by atoms with van der Waals surface area (Å²) in [6, 6.07) is 3.72. The zero-order chi connectivity index (χ0) is 9.14. The molecule has 12 heavy (non-hydrogen) atoms. The summed E-state index contributed by atoms with van der Waals surface area (Å²) in [6.45, 7) is 0. The average molecular weight is 189 g/mol. The maximum absolute atomic E-state index is 12.9. The lowest BCUT2D eigenvalue weighted by Gasteiger charge is -2.00. The molecule has 5 heteroatoms. The highest BCUT2D eigenvalue weighted by molar-refractivity contribution is 6.30. The Kier molecular flexibility index (Phi) is 2.62. The largest absolute Gasteiger partial charge is 0.290 e. The maximum Gasteiger partial charge on any atom is 0.268 e. The average Bonchev–Trinajstić information content (AvgIpc) is 2.03. The maximum atomic E-state index is 12.9. The quantitative estimate of drug-likeness (QED) is 0.394. The zero-order valence-corrected chi connectivity index (χ0v) is 6.73. The molecule has 0 aromatic heterocycles. The highest BCUT2D eigenvalue weighted by Crippen LogP contribution is 2.13. The third-order valence-electron chi connectivity index (χ3n) is 1.31. The van der Waals surface area contributed by atoms with Crippen molar-refractivity contribution in [2.24, 2.45) is 5.84 Å². The number of carbonyl (C=O) groups is 1. The Morgan fingerprint density at radius 2 is 2.25 bits per heavy atom. The minimum atomic E-state index is -0.689. The third-order valence-corrected chi connectivity index (χ3v) is 1.54. The fourth-order valence-electron chi connectivity index (χ4n) is 0.751. The van der Waals surface area contributed by atoms with Gasteiger partial charge in [0.1, 0.15) is 5.82 Å². The summed E-state index contributed by atoms with van der Waals surface area (Å²) in [6.07, 6.45) is 0. The van der Waals surface area contributed by atoms with E-state index in [0.717, 1.165) is 6.07 Å². The van der Waals surface area contributed by atoms with Gasteiger partial charge >= 0.3 is 0 Å². The second-order valence-corrected chi connectivity index (χ2v) is 2.53. The smallest absolute Gasteiger partial charge is 0.268 e. The Hall–Kier alpha value is -1.13. The van der Waals surface area contributed by atoms with Crippen LogP contribution in [0.5, 0.6) is 0 Å². The standard InChI is InChI=1S/C7H6ClFN2O/c8-4-1-2-5(6(9)3-4)7(12)11-10/h1-3H,10H2,(H,11,12). The van der Waals surface area contributed by atoms with Crippen molar-refractivity contribution in [1.29, 1.82) is 0 Å². The van der Waals surface area contributed by atoms with E-state index in [-0.39, 0.29) is 10.6 Å². The molecular formula is C7H6ClFN2O. The fourth-order valence-corrected chi connectivity index (χ4v) is 0.910. The summed E-state index contributed by atoms with van der Waals surface area (Å²) < 4.78 is 12.9. The number of nitrogen functional groups attached to an aromatic ring is 1. The topological polar surface area (TPSA) is 55.1 Å². The van der Waals surface area contributed by atoms with E-state index >= 15 is 0 Å². The molecular weight excluding hydrogens is 183 g/mol. The molecule has 0 fully saturated rings. The molecule has 64 valence electrons. The van der Waals surface area contributed by atoms with Crippen LogP contribution >= 0.6 is 11.6 Å². The van der Waals surface area contributed by atoms with Crippen molar-refractivity contribution in [1.82, 2.24) is 5.43 Å². The normalized spacial score (nSPS) is 9.58. The molecule has 3 nitrogen and oxygen atoms in total. The van der Waals surface area contributed by atoms with Crippen LogP contribution in [0.3, 0.4) is 0 Å². The van der Waals surface area contributed by atoms with Gasteiger partial charge in [0.25, 0.3) is 5.91 Å². The van der Waals surface area contributed by atoms with Gasteiger partial charge in [0.05, 0.1) is 5.56 Å². The molecule has 0 heterocycles. The second-order valence-electron chi connectivity index (χ2n) is 2.10. The van der Waals surface area contributed by atoms with Gasteiger partial charge in [-0.1, -0.05) is 11.6 Å². The van der Waals surface area contributed by atoms with Crippen molar-refractivity contribution < 1.29 is 9.18 Å². The SMILES string of the molecule is NNC(=O)c1ccc(Cl)cc1F. The number of rotatable bonds is 1. The lowest BCUT2D eigenvalue weighted by atomic mass is 10.2. The van der Waals surface area contributed by atoms with Crippen molar-refractivity contribution in [3.05, 3.63) is 34.6 Å². The molecule has 0 unspecified atom stereocenters. The summed E-state index contributed by atoms with van der Waals surface area (Å²) in [4.78, 5) is 10.8. The number of hydrogen-bond donors (Lipinski definition) is 2. The Balaban J connectivity index is 3.09. The van der Waals surface area contributed by atoms with Crippen LogP contribution in [-0.4, -0.2) is 5.91 Å². The van der Waals surface area contributed by atoms with Crippen LogP contribution in [-0.2, 0) is 0 Å². The Morgan fingerprint density at radius 1 is 1.58 bits per heavy atom. The molecule has 0 aliphatic rings. The first-order chi connectivity index (χ1) is 5.65. The molecule has 1 amide bonds. The lowest BCUT2D eigenvalue weighted by Crippen LogP contribution is -2.30. The van der Waals surface area contributed by atoms with Crippen LogP contribution in [0.15, 0.2) is 18.2 Å². The van der Waals surface area contributed by atoms with E-state index in [1.807, 2.05) is 5.43 Å². The molecule has 0 spiro atoms. The van der Waals surface area contributed by atoms with Gasteiger partial charge in [-0.05, 0) is 18.2 Å². The first kappa shape index (κ1) is 8.96. The molecule has 0 bridgehead atoms. The van der Waals surface area contributed by atoms with Crippen molar-refractivity contribution in [2.75, 3.05) is 0 Å². The number of hydrogen-bond acceptors (Lipinski definition) is 2. The summed E-state index contributed by atoms with van der Waals surface area (Å²) in [5.74, 6) is 3.45. The van der Waals surface area contributed by atoms with Crippen molar-refractivity contribution >= 4 is 17.5 Å². The second kappa shape index (κ2) is 3.51. The number of hydrazine groups is 1. The first-order valence-electron chi connectivity index (χ1n) is 3.11. The summed E-state index contributed by atoms with van der Waals surface area (Å²) in [7, 11) is 0. The molecule has 1 aromatic carbocycles. The van der Waals surface area contributed by atoms with Crippen molar-refractivity contribution in [3.63, 3.8) is 0 Å². The molecule has 0 saturated carbocycles. The number of nitrogens with one attached hydrogen (secondary N) is 1. The third kappa shape index (κ3) is 1.72. The predicted octanol–water partition coefficient (Wildman–Crippen LogP) is 1.08. The number of nitrogens with two attached hydrogens (primary N) is 1. The number of amides is 1. The number of benzene rings is 1. The number of halogens is 2. The number of carbonyl (C=O) groups excluding carboxylic acids is 1. The minimum absolute atomic E-state index is 0.123. The molecule has 1 rings (SSSR count). The van der Waals surface area contributed by atoms with E-state index in [0.29, 0.717) is 0 Å². The van der Waals surface area contributed by atoms with Gasteiger partial charge < -0.3 is 0 Å². The Morgan fingerprint density at radius 3 is 2.75 bits per heavy atom. The fraction of sp³-hybridized carbons (Fsp3) is 0. The highest BCUT2D eigenvalue weighted by atomic mass is 35.5. The van der Waals surface area contributed by atoms with Crippen LogP contribution in [0.1, 0.15) is 10.4 Å². The summed E-state index contributed by atoms with van der Waals surface area (Å²) in [5.41, 5.74) is 1.70. The highest BCUT2D eigenvalue weighted by Gasteiger charge is 2.09. The molecule has 0 radical (unpaired) electrons. The van der Waals surface area contributed by atoms with Gasteiger partial charge in [0, 0.05) is 5.02 Å². The van der Waals surface area contributed by atoms with Gasteiger partial charge in [-0.2, -0.15) is 0 Å². The van der Waals surface area contributed by atoms with E-state index in [4.69, 9.17) is 17.4 Å². The van der Waals surface area contributed by atoms with Crippen LogP contribution in [0.4, 0.5) is 4.39 Å². The Bertz CT molecular complexity index is 316. The molecule has 0 saturated heterocycles. The van der Waals surface area contributed by atoms with E-state index in [1.165, 1.54) is 12.1 Å². The van der Waals surface area contributed by atoms with E-state index in [1.54, 1.807) is 0 Å². The van der Waals surface area contributed by atoms with Crippen molar-refractivity contribution in [2.45, 2.75) is 0 Å². The molecule has 0 atom stereocenters. The van der Waals surface area contributed by atoms with Gasteiger partial charge in [0.2, 0.25) is 0 Å². The van der Waals surface area contributed by atoms with Crippen LogP contribution in [0.25, 0.3) is 0 Å². The summed E-state index contributed by atoms with van der Waals surface area (Å²) in [5, 5.41) is 0.237. The van der Waals surface area contributed by atoms with E-state index in [2.05, 4.69) is 0 Å². The molecule has 0 aliphatic carbocycles. The molecule has 1 aromatic rings. The monoisotopic (exact) mass is 188 g/mol. The van der Waals surface area contributed by atoms with Crippen molar-refractivity contribution in [3.8, 4) is 0 Å². The van der Waals surface area contributed by atoms with E-state index < -0.39 is 11.7 Å². The van der Waals surface area contributed by atoms with Gasteiger partial charge in [-0.3, -0.25) is 10.2 Å². The Labute approximate surface area is 73.3 Å². The minimum Gasteiger partial charge on any atom is -0.290 e. The van der Waals surface area contributed by atoms with Gasteiger partial charge in [-0.15, -0.1) is 0 Å². The van der Waals surface area contributed by atoms with Gasteiger partial charge in [0.15, 0.2) is 0 Å². The van der Waals surface area contributed by atoms with Crippen LogP contribution < -0.4 is 11.3 Å². The summed E-state index contributed by atoms with van der Waals surface area (Å²) >= 11 is 5.46. The predicted molar refractivity (Wildman–Crippen MR) is 43.1 cm³/mol. The van der Waals surface area contributed by atoms with Gasteiger partial charge in [-0.25, -0.2) is 10.2 Å². The zero-order valence-electron chi connectivity index (χ0n) is 5.97. The van der Waals surface area contributed by atoms with Crippen LogP contribution in [0, 0.1) is 5.82 Å². The first-order valence-corrected chi connectivity index (χ1v) is 3.49. The lowest BCUT2D eigenvalue weighted by molar-refractivity contribution is 0.0949. The van der Waals surface area contributed by atoms with Crippen LogP contribution in [0.2, 0.25) is 5.02 Å².